The number of benzene rings is 2. The number of anilines is 2. The summed E-state index contributed by atoms with van der Waals surface area (Å²) in [6.45, 7) is 14.5. The first-order chi connectivity index (χ1) is 20.3. The average molecular weight is 749 g/mol. The van der Waals surface area contributed by atoms with Gasteiger partial charge < -0.3 is 14.4 Å². The van der Waals surface area contributed by atoms with Gasteiger partial charge in [0.15, 0.2) is 16.0 Å². The highest BCUT2D eigenvalue weighted by atomic mass is 127. The molecule has 228 valence electrons. The molecule has 0 saturated heterocycles. The van der Waals surface area contributed by atoms with Crippen LogP contribution in [0.15, 0.2) is 42.5 Å². The maximum Gasteiger partial charge on any atom is 0.359 e. The molecule has 0 bridgehead atoms. The molecule has 2 aromatic heterocycles. The largest absolute Gasteiger partial charge is 0.455 e. The number of carbonyl (C=O) groups is 2. The van der Waals surface area contributed by atoms with Crippen LogP contribution < -0.4 is 9.80 Å². The Morgan fingerprint density at radius 1 is 1.07 bits per heavy atom. The fourth-order valence-electron chi connectivity index (χ4n) is 4.68. The van der Waals surface area contributed by atoms with E-state index in [4.69, 9.17) is 14.5 Å². The summed E-state index contributed by atoms with van der Waals surface area (Å²) >= 11 is 5.12. The number of esters is 1. The van der Waals surface area contributed by atoms with Crippen molar-refractivity contribution in [2.24, 2.45) is 0 Å². The summed E-state index contributed by atoms with van der Waals surface area (Å²) in [5, 5.41) is 1.37. The Hall–Kier alpha value is -2.39. The first-order valence-electron chi connectivity index (χ1n) is 14.3. The molecule has 12 heteroatoms. The molecular formula is C31H37IN4O4S2Si. The van der Waals surface area contributed by atoms with E-state index >= 15 is 0 Å². The van der Waals surface area contributed by atoms with E-state index in [2.05, 4.69) is 58.2 Å². The molecule has 2 aromatic carbocycles. The summed E-state index contributed by atoms with van der Waals surface area (Å²) < 4.78 is 13.5. The van der Waals surface area contributed by atoms with Crippen molar-refractivity contribution in [1.82, 2.24) is 9.97 Å². The van der Waals surface area contributed by atoms with Crippen molar-refractivity contribution >= 4 is 85.7 Å². The van der Waals surface area contributed by atoms with Crippen LogP contribution in [0.3, 0.4) is 0 Å². The molecule has 1 amide bonds. The van der Waals surface area contributed by atoms with Gasteiger partial charge in [-0.1, -0.05) is 66.6 Å². The van der Waals surface area contributed by atoms with Crippen LogP contribution in [-0.2, 0) is 22.4 Å². The second-order valence-electron chi connectivity index (χ2n) is 12.8. The number of carbonyl (C=O) groups excluding carboxylic acids is 2. The third-order valence-electron chi connectivity index (χ3n) is 6.92. The van der Waals surface area contributed by atoms with E-state index in [0.29, 0.717) is 29.5 Å². The molecular weight excluding hydrogens is 711 g/mol. The van der Waals surface area contributed by atoms with Crippen LogP contribution in [0.2, 0.25) is 25.7 Å². The van der Waals surface area contributed by atoms with Crippen molar-refractivity contribution in [3.05, 3.63) is 67.7 Å². The lowest BCUT2D eigenvalue weighted by Crippen LogP contribution is -2.37. The Bertz CT molecular complexity index is 1610. The van der Waals surface area contributed by atoms with Gasteiger partial charge in [-0.05, 0) is 85.2 Å². The minimum atomic E-state index is -1.29. The standard InChI is InChI=1S/C31H37IN4O4S2Si/c1-31(2,3)40-28(38)25-26(32)42-29(34-25)35-15-14-20-10-9-11-21(22(20)18-35)27(37)36(19-39-16-17-43(4,5)6)30-33-23-12-7-8-13-24(23)41-30/h7-13H,14-19H2,1-6H3. The third kappa shape index (κ3) is 7.83. The number of para-hydroxylation sites is 1. The van der Waals surface area contributed by atoms with Crippen LogP contribution in [0.25, 0.3) is 10.2 Å². The molecule has 0 fully saturated rings. The van der Waals surface area contributed by atoms with Gasteiger partial charge >= 0.3 is 5.97 Å². The fourth-order valence-corrected chi connectivity index (χ4v) is 8.13. The normalized spacial score (nSPS) is 13.7. The van der Waals surface area contributed by atoms with Crippen LogP contribution in [0.5, 0.6) is 0 Å². The lowest BCUT2D eigenvalue weighted by Gasteiger charge is -2.31. The maximum absolute atomic E-state index is 14.3. The molecule has 5 rings (SSSR count). The number of amides is 1. The van der Waals surface area contributed by atoms with E-state index in [1.807, 2.05) is 57.2 Å². The van der Waals surface area contributed by atoms with E-state index in [1.165, 1.54) is 22.7 Å². The van der Waals surface area contributed by atoms with Crippen LogP contribution in [-0.4, -0.2) is 55.4 Å². The predicted molar refractivity (Wildman–Crippen MR) is 187 cm³/mol. The lowest BCUT2D eigenvalue weighted by molar-refractivity contribution is 0.00624. The second kappa shape index (κ2) is 12.9. The zero-order valence-electron chi connectivity index (χ0n) is 25.4. The van der Waals surface area contributed by atoms with Crippen LogP contribution in [0.1, 0.15) is 52.7 Å². The molecule has 43 heavy (non-hydrogen) atoms. The predicted octanol–water partition coefficient (Wildman–Crippen LogP) is 7.83. The molecule has 0 unspecified atom stereocenters. The van der Waals surface area contributed by atoms with Crippen molar-refractivity contribution in [3.63, 3.8) is 0 Å². The van der Waals surface area contributed by atoms with E-state index in [-0.39, 0.29) is 12.6 Å². The van der Waals surface area contributed by atoms with Crippen molar-refractivity contribution in [3.8, 4) is 0 Å². The van der Waals surface area contributed by atoms with Crippen LogP contribution in [0.4, 0.5) is 10.3 Å². The number of fused-ring (bicyclic) bond motifs is 2. The van der Waals surface area contributed by atoms with Crippen molar-refractivity contribution in [1.29, 1.82) is 0 Å². The van der Waals surface area contributed by atoms with Gasteiger partial charge in [0.2, 0.25) is 0 Å². The zero-order chi connectivity index (χ0) is 30.9. The first-order valence-corrected chi connectivity index (χ1v) is 20.7. The topological polar surface area (TPSA) is 84.9 Å². The number of nitrogens with zero attached hydrogens (tertiary/aromatic N) is 4. The Morgan fingerprint density at radius 2 is 1.84 bits per heavy atom. The van der Waals surface area contributed by atoms with E-state index < -0.39 is 19.6 Å². The SMILES string of the molecule is CC(C)(C)OC(=O)c1nc(N2CCc3cccc(C(=O)N(COCC[Si](C)(C)C)c4nc5ccccc5s4)c3C2)sc1I. The first kappa shape index (κ1) is 32.0. The van der Waals surface area contributed by atoms with E-state index in [9.17, 15) is 9.59 Å². The number of halogens is 1. The van der Waals surface area contributed by atoms with E-state index in [1.54, 1.807) is 4.90 Å². The van der Waals surface area contributed by atoms with Gasteiger partial charge in [-0.25, -0.2) is 14.8 Å². The summed E-state index contributed by atoms with van der Waals surface area (Å²) in [6, 6.07) is 14.9. The average Bonchev–Trinajstić information content (AvgIpc) is 3.54. The molecule has 1 aliphatic rings. The van der Waals surface area contributed by atoms with Gasteiger partial charge in [-0.15, -0.1) is 0 Å². The van der Waals surface area contributed by atoms with Crippen molar-refractivity contribution in [2.75, 3.05) is 29.7 Å². The molecule has 0 aliphatic carbocycles. The molecule has 1 aliphatic heterocycles. The Kier molecular flexibility index (Phi) is 9.62. The van der Waals surface area contributed by atoms with Gasteiger partial charge in [0, 0.05) is 33.3 Å². The van der Waals surface area contributed by atoms with Gasteiger partial charge in [0.1, 0.15) is 15.2 Å². The van der Waals surface area contributed by atoms with Gasteiger partial charge in [-0.3, -0.25) is 9.69 Å². The molecule has 0 atom stereocenters. The van der Waals surface area contributed by atoms with Gasteiger partial charge in [0.25, 0.3) is 5.91 Å². The summed E-state index contributed by atoms with van der Waals surface area (Å²) in [6.07, 6.45) is 0.766. The van der Waals surface area contributed by atoms with Gasteiger partial charge in [-0.2, -0.15) is 0 Å². The highest BCUT2D eigenvalue weighted by Gasteiger charge is 2.30. The second-order valence-corrected chi connectivity index (χ2v) is 22.2. The lowest BCUT2D eigenvalue weighted by atomic mass is 9.94. The highest BCUT2D eigenvalue weighted by molar-refractivity contribution is 14.1. The molecule has 4 aromatic rings. The number of hydrogen-bond donors (Lipinski definition) is 0. The molecule has 0 saturated carbocycles. The van der Waals surface area contributed by atoms with Gasteiger partial charge in [0.05, 0.1) is 10.2 Å². The number of thiazole rings is 2. The minimum Gasteiger partial charge on any atom is -0.455 e. The smallest absolute Gasteiger partial charge is 0.359 e. The quantitative estimate of drug-likeness (QED) is 0.0568. The minimum absolute atomic E-state index is 0.131. The number of hydrogen-bond acceptors (Lipinski definition) is 9. The molecule has 0 radical (unpaired) electrons. The third-order valence-corrected chi connectivity index (χ3v) is 11.8. The fraction of sp³-hybridized carbons (Fsp3) is 0.419. The monoisotopic (exact) mass is 748 g/mol. The highest BCUT2D eigenvalue weighted by Crippen LogP contribution is 2.35. The molecule has 3 heterocycles. The Balaban J connectivity index is 1.43. The number of aromatic nitrogens is 2. The van der Waals surface area contributed by atoms with Crippen LogP contribution in [0, 0.1) is 2.88 Å². The van der Waals surface area contributed by atoms with Crippen LogP contribution >= 0.6 is 45.3 Å². The maximum atomic E-state index is 14.3. The van der Waals surface area contributed by atoms with Crippen molar-refractivity contribution < 1.29 is 19.1 Å². The number of ether oxygens (including phenoxy) is 2. The summed E-state index contributed by atoms with van der Waals surface area (Å²) in [7, 11) is -1.29. The van der Waals surface area contributed by atoms with Crippen molar-refractivity contribution in [2.45, 2.75) is 65.0 Å². The van der Waals surface area contributed by atoms with E-state index in [0.717, 1.165) is 48.4 Å². The molecule has 0 N–H and O–H groups in total. The molecule has 8 nitrogen and oxygen atoms in total. The summed E-state index contributed by atoms with van der Waals surface area (Å²) in [5.74, 6) is -0.554. The zero-order valence-corrected chi connectivity index (χ0v) is 30.2. The summed E-state index contributed by atoms with van der Waals surface area (Å²) in [4.78, 5) is 40.4. The summed E-state index contributed by atoms with van der Waals surface area (Å²) in [5.41, 5.74) is 3.34. The Morgan fingerprint density at radius 3 is 2.56 bits per heavy atom. The Labute approximate surface area is 275 Å². The molecule has 0 spiro atoms. The number of rotatable bonds is 9.